The molecule has 1 N–H and O–H groups in total. The number of para-hydroxylation sites is 1. The first-order valence-electron chi connectivity index (χ1n) is 9.42. The predicted octanol–water partition coefficient (Wildman–Crippen LogP) is 4.58. The molecule has 138 valence electrons. The van der Waals surface area contributed by atoms with Crippen molar-refractivity contribution in [3.05, 3.63) is 72.0 Å². The molecule has 1 saturated heterocycles. The number of carbonyl (C=O) groups is 1. The monoisotopic (exact) mass is 361 g/mol. The van der Waals surface area contributed by atoms with Crippen LogP contribution < -0.4 is 5.32 Å². The highest BCUT2D eigenvalue weighted by atomic mass is 16.5. The van der Waals surface area contributed by atoms with Crippen LogP contribution in [0.2, 0.25) is 0 Å². The largest absolute Gasteiger partial charge is 0.363 e. The highest BCUT2D eigenvalue weighted by Gasteiger charge is 2.19. The molecule has 27 heavy (non-hydrogen) atoms. The molecule has 0 atom stereocenters. The van der Waals surface area contributed by atoms with Crippen molar-refractivity contribution in [1.29, 1.82) is 0 Å². The summed E-state index contributed by atoms with van der Waals surface area (Å²) in [6.45, 7) is 3.09. The molecule has 1 aliphatic rings. The second-order valence-corrected chi connectivity index (χ2v) is 6.89. The van der Waals surface area contributed by atoms with Crippen molar-refractivity contribution in [3.8, 4) is 11.3 Å². The van der Waals surface area contributed by atoms with Crippen molar-refractivity contribution in [2.24, 2.45) is 0 Å². The van der Waals surface area contributed by atoms with E-state index in [4.69, 9.17) is 4.52 Å². The van der Waals surface area contributed by atoms with E-state index >= 15 is 0 Å². The van der Waals surface area contributed by atoms with Gasteiger partial charge in [-0.15, -0.1) is 0 Å². The van der Waals surface area contributed by atoms with Gasteiger partial charge < -0.3 is 9.84 Å². The highest BCUT2D eigenvalue weighted by molar-refractivity contribution is 6.08. The number of rotatable bonds is 5. The second-order valence-electron chi connectivity index (χ2n) is 6.89. The lowest BCUT2D eigenvalue weighted by atomic mass is 10.1. The van der Waals surface area contributed by atoms with Gasteiger partial charge in [-0.05, 0) is 37.6 Å². The van der Waals surface area contributed by atoms with Crippen LogP contribution in [0.1, 0.15) is 35.2 Å². The minimum absolute atomic E-state index is 0.207. The highest BCUT2D eigenvalue weighted by Crippen LogP contribution is 2.24. The molecule has 1 aromatic heterocycles. The lowest BCUT2D eigenvalue weighted by Gasteiger charge is -2.27. The first-order chi connectivity index (χ1) is 13.3. The van der Waals surface area contributed by atoms with Crippen LogP contribution in [-0.2, 0) is 6.54 Å². The number of hydrogen-bond donors (Lipinski definition) is 1. The van der Waals surface area contributed by atoms with E-state index in [0.717, 1.165) is 36.4 Å². The van der Waals surface area contributed by atoms with Crippen molar-refractivity contribution in [3.63, 3.8) is 0 Å². The normalized spacial score (nSPS) is 14.8. The molecule has 1 amide bonds. The van der Waals surface area contributed by atoms with E-state index in [9.17, 15) is 4.79 Å². The van der Waals surface area contributed by atoms with E-state index in [1.807, 2.05) is 48.5 Å². The summed E-state index contributed by atoms with van der Waals surface area (Å²) in [6, 6.07) is 17.6. The summed E-state index contributed by atoms with van der Waals surface area (Å²) in [6.07, 6.45) is 5.21. The van der Waals surface area contributed by atoms with Gasteiger partial charge in [0.2, 0.25) is 0 Å². The Balaban J connectivity index is 1.53. The zero-order valence-corrected chi connectivity index (χ0v) is 15.2. The summed E-state index contributed by atoms with van der Waals surface area (Å²) in [5.74, 6) is -0.207. The summed E-state index contributed by atoms with van der Waals surface area (Å²) >= 11 is 0. The number of carbonyl (C=O) groups excluding carboxylic acids is 1. The number of benzene rings is 2. The van der Waals surface area contributed by atoms with E-state index in [2.05, 4.69) is 21.4 Å². The van der Waals surface area contributed by atoms with Gasteiger partial charge in [-0.1, -0.05) is 60.1 Å². The molecule has 0 aliphatic carbocycles. The zero-order chi connectivity index (χ0) is 18.5. The Hall–Kier alpha value is -2.92. The summed E-state index contributed by atoms with van der Waals surface area (Å²) in [5.41, 5.74) is 3.83. The Morgan fingerprint density at radius 3 is 2.56 bits per heavy atom. The maximum atomic E-state index is 12.9. The SMILES string of the molecule is O=C(Nc1ccccc1CN1CCCCC1)c1conc1-c1ccccc1. The number of nitrogens with one attached hydrogen (secondary N) is 1. The third-order valence-corrected chi connectivity index (χ3v) is 4.97. The smallest absolute Gasteiger partial charge is 0.261 e. The number of anilines is 1. The lowest BCUT2D eigenvalue weighted by molar-refractivity contribution is 0.102. The number of nitrogens with zero attached hydrogens (tertiary/aromatic N) is 2. The summed E-state index contributed by atoms with van der Waals surface area (Å²) in [7, 11) is 0. The average molecular weight is 361 g/mol. The van der Waals surface area contributed by atoms with E-state index in [-0.39, 0.29) is 5.91 Å². The molecule has 2 heterocycles. The van der Waals surface area contributed by atoms with Crippen molar-refractivity contribution < 1.29 is 9.32 Å². The number of amides is 1. The number of piperidine rings is 1. The Morgan fingerprint density at radius 1 is 1.00 bits per heavy atom. The van der Waals surface area contributed by atoms with Gasteiger partial charge in [-0.2, -0.15) is 0 Å². The minimum atomic E-state index is -0.207. The molecule has 5 nitrogen and oxygen atoms in total. The van der Waals surface area contributed by atoms with Gasteiger partial charge in [0.1, 0.15) is 17.5 Å². The van der Waals surface area contributed by atoms with Crippen LogP contribution in [0, 0.1) is 0 Å². The molecule has 0 unspecified atom stereocenters. The van der Waals surface area contributed by atoms with Gasteiger partial charge in [-0.3, -0.25) is 9.69 Å². The average Bonchev–Trinajstić information content (AvgIpc) is 3.21. The van der Waals surface area contributed by atoms with Gasteiger partial charge in [0.25, 0.3) is 5.91 Å². The summed E-state index contributed by atoms with van der Waals surface area (Å²) in [5, 5.41) is 7.07. The van der Waals surface area contributed by atoms with Gasteiger partial charge in [0.15, 0.2) is 0 Å². The van der Waals surface area contributed by atoms with Crippen LogP contribution in [0.3, 0.4) is 0 Å². The number of hydrogen-bond acceptors (Lipinski definition) is 4. The van der Waals surface area contributed by atoms with Gasteiger partial charge in [0.05, 0.1) is 0 Å². The van der Waals surface area contributed by atoms with Crippen LogP contribution in [0.5, 0.6) is 0 Å². The van der Waals surface area contributed by atoms with Crippen LogP contribution in [-0.4, -0.2) is 29.1 Å². The predicted molar refractivity (Wildman–Crippen MR) is 105 cm³/mol. The van der Waals surface area contributed by atoms with Crippen LogP contribution in [0.25, 0.3) is 11.3 Å². The van der Waals surface area contributed by atoms with Crippen molar-refractivity contribution in [2.45, 2.75) is 25.8 Å². The van der Waals surface area contributed by atoms with Crippen LogP contribution in [0.4, 0.5) is 5.69 Å². The fourth-order valence-electron chi connectivity index (χ4n) is 3.53. The van der Waals surface area contributed by atoms with E-state index < -0.39 is 0 Å². The fraction of sp³-hybridized carbons (Fsp3) is 0.273. The molecule has 2 aromatic carbocycles. The third-order valence-electron chi connectivity index (χ3n) is 4.97. The molecule has 0 spiro atoms. The van der Waals surface area contributed by atoms with Crippen molar-refractivity contribution in [2.75, 3.05) is 18.4 Å². The van der Waals surface area contributed by atoms with Crippen LogP contribution >= 0.6 is 0 Å². The van der Waals surface area contributed by atoms with Crippen molar-refractivity contribution >= 4 is 11.6 Å². The molecule has 0 radical (unpaired) electrons. The van der Waals surface area contributed by atoms with Gasteiger partial charge >= 0.3 is 0 Å². The molecule has 4 rings (SSSR count). The Bertz CT molecular complexity index is 899. The third kappa shape index (κ3) is 4.09. The molecule has 0 bridgehead atoms. The molecule has 5 heteroatoms. The first kappa shape index (κ1) is 17.5. The molecular formula is C22H23N3O2. The van der Waals surface area contributed by atoms with E-state index in [0.29, 0.717) is 11.3 Å². The number of likely N-dealkylation sites (tertiary alicyclic amines) is 1. The topological polar surface area (TPSA) is 58.4 Å². The first-order valence-corrected chi connectivity index (χ1v) is 9.42. The van der Waals surface area contributed by atoms with Crippen molar-refractivity contribution in [1.82, 2.24) is 10.1 Å². The quantitative estimate of drug-likeness (QED) is 0.723. The molecular weight excluding hydrogens is 338 g/mol. The maximum absolute atomic E-state index is 12.9. The van der Waals surface area contributed by atoms with Gasteiger partial charge in [0, 0.05) is 17.8 Å². The van der Waals surface area contributed by atoms with E-state index in [1.54, 1.807) is 0 Å². The fourth-order valence-corrected chi connectivity index (χ4v) is 3.53. The molecule has 0 saturated carbocycles. The Labute approximate surface area is 159 Å². The van der Waals surface area contributed by atoms with E-state index in [1.165, 1.54) is 25.5 Å². The molecule has 1 fully saturated rings. The standard InChI is InChI=1S/C22H23N3O2/c26-22(19-16-27-24-21(19)17-9-3-1-4-10-17)23-20-12-6-5-11-18(20)15-25-13-7-2-8-14-25/h1,3-6,9-12,16H,2,7-8,13-15H2,(H,23,26). The molecule has 3 aromatic rings. The number of aromatic nitrogens is 1. The second kappa shape index (κ2) is 8.18. The van der Waals surface area contributed by atoms with Gasteiger partial charge in [-0.25, -0.2) is 0 Å². The van der Waals surface area contributed by atoms with Crippen LogP contribution in [0.15, 0.2) is 65.4 Å². The minimum Gasteiger partial charge on any atom is -0.363 e. The lowest BCUT2D eigenvalue weighted by Crippen LogP contribution is -2.29. The zero-order valence-electron chi connectivity index (χ0n) is 15.2. The molecule has 1 aliphatic heterocycles. The summed E-state index contributed by atoms with van der Waals surface area (Å²) < 4.78 is 5.09. The maximum Gasteiger partial charge on any atom is 0.261 e. The Morgan fingerprint density at radius 2 is 1.74 bits per heavy atom. The summed E-state index contributed by atoms with van der Waals surface area (Å²) in [4.78, 5) is 15.3. The Kier molecular flexibility index (Phi) is 5.30.